The summed E-state index contributed by atoms with van der Waals surface area (Å²) >= 11 is 1.31. The van der Waals surface area contributed by atoms with Gasteiger partial charge in [0.15, 0.2) is 0 Å². The van der Waals surface area contributed by atoms with E-state index in [0.29, 0.717) is 43.0 Å². The van der Waals surface area contributed by atoms with E-state index in [0.717, 1.165) is 22.4 Å². The van der Waals surface area contributed by atoms with E-state index in [-0.39, 0.29) is 11.6 Å². The number of carbonyl (C=O) groups is 1. The maximum atomic E-state index is 12.9. The smallest absolute Gasteiger partial charge is 0.335 e. The molecule has 1 aliphatic heterocycles. The molecule has 1 aliphatic rings. The molecule has 0 aliphatic carbocycles. The van der Waals surface area contributed by atoms with Crippen molar-refractivity contribution in [2.45, 2.75) is 12.7 Å². The molecule has 2 aromatic carbocycles. The van der Waals surface area contributed by atoms with E-state index in [2.05, 4.69) is 4.90 Å². The van der Waals surface area contributed by atoms with E-state index in [1.165, 1.54) is 35.6 Å². The van der Waals surface area contributed by atoms with Crippen LogP contribution in [0.1, 0.15) is 20.8 Å². The summed E-state index contributed by atoms with van der Waals surface area (Å²) in [6.07, 6.45) is -4.35. The Morgan fingerprint density at radius 2 is 1.71 bits per heavy atom. The van der Waals surface area contributed by atoms with Crippen molar-refractivity contribution < 1.29 is 22.9 Å². The number of amides is 1. The van der Waals surface area contributed by atoms with Gasteiger partial charge in [0.2, 0.25) is 0 Å². The second-order valence-corrected chi connectivity index (χ2v) is 8.44. The lowest BCUT2D eigenvalue weighted by Gasteiger charge is -2.34. The summed E-state index contributed by atoms with van der Waals surface area (Å²) in [6.45, 7) is 2.76. The minimum atomic E-state index is -4.35. The number of hydrogen-bond donors (Lipinski definition) is 0. The van der Waals surface area contributed by atoms with Crippen molar-refractivity contribution in [1.29, 1.82) is 0 Å². The molecule has 3 aromatic rings. The molecule has 10 heteroatoms. The normalized spacial score (nSPS) is 15.4. The van der Waals surface area contributed by atoms with Gasteiger partial charge < -0.3 is 4.90 Å². The van der Waals surface area contributed by atoms with E-state index in [9.17, 15) is 28.1 Å². The Balaban J connectivity index is 1.36. The number of fused-ring (bicyclic) bond motifs is 1. The lowest BCUT2D eigenvalue weighted by atomic mass is 10.1. The van der Waals surface area contributed by atoms with Crippen molar-refractivity contribution >= 4 is 33.0 Å². The van der Waals surface area contributed by atoms with Crippen LogP contribution in [-0.2, 0) is 12.7 Å². The van der Waals surface area contributed by atoms with Gasteiger partial charge >= 0.3 is 6.18 Å². The summed E-state index contributed by atoms with van der Waals surface area (Å²) in [7, 11) is 0. The molecular formula is C21H18F3N3O3S. The first-order chi connectivity index (χ1) is 14.7. The van der Waals surface area contributed by atoms with Gasteiger partial charge in [0.1, 0.15) is 0 Å². The number of piperazine rings is 1. The van der Waals surface area contributed by atoms with Crippen LogP contribution < -0.4 is 0 Å². The Morgan fingerprint density at radius 1 is 1.03 bits per heavy atom. The van der Waals surface area contributed by atoms with Gasteiger partial charge in [-0.1, -0.05) is 12.1 Å². The zero-order valence-electron chi connectivity index (χ0n) is 16.3. The zero-order chi connectivity index (χ0) is 22.2. The average Bonchev–Trinajstić information content (AvgIpc) is 3.17. The molecule has 0 radical (unpaired) electrons. The van der Waals surface area contributed by atoms with Crippen LogP contribution in [0.2, 0.25) is 0 Å². The maximum Gasteiger partial charge on any atom is 0.416 e. The molecule has 0 atom stereocenters. The van der Waals surface area contributed by atoms with Crippen LogP contribution in [-0.4, -0.2) is 46.8 Å². The second kappa shape index (κ2) is 8.27. The number of rotatable bonds is 4. The van der Waals surface area contributed by atoms with Crippen LogP contribution in [0.4, 0.5) is 18.9 Å². The number of benzene rings is 2. The Hall–Kier alpha value is -2.98. The number of non-ortho nitro benzene ring substituents is 1. The molecule has 0 bridgehead atoms. The van der Waals surface area contributed by atoms with Crippen LogP contribution in [0.25, 0.3) is 10.1 Å². The minimum absolute atomic E-state index is 0.0128. The van der Waals surface area contributed by atoms with Gasteiger partial charge in [-0.25, -0.2) is 0 Å². The summed E-state index contributed by atoms with van der Waals surface area (Å²) in [6, 6.07) is 11.4. The van der Waals surface area contributed by atoms with Gasteiger partial charge in [0, 0.05) is 54.9 Å². The van der Waals surface area contributed by atoms with Crippen molar-refractivity contribution in [3.05, 3.63) is 74.6 Å². The highest BCUT2D eigenvalue weighted by Crippen LogP contribution is 2.31. The van der Waals surface area contributed by atoms with Crippen LogP contribution in [0, 0.1) is 10.1 Å². The molecular weight excluding hydrogens is 431 g/mol. The molecule has 0 spiro atoms. The van der Waals surface area contributed by atoms with Crippen LogP contribution >= 0.6 is 11.3 Å². The SMILES string of the molecule is O=C(c1cc2cc([N+](=O)[O-])ccc2s1)N1CCN(Cc2ccc(C(F)(F)F)cc2)CC1. The van der Waals surface area contributed by atoms with Gasteiger partial charge in [0.05, 0.1) is 15.4 Å². The molecule has 0 saturated carbocycles. The number of halogens is 3. The van der Waals surface area contributed by atoms with Crippen molar-refractivity contribution in [2.24, 2.45) is 0 Å². The Bertz CT molecular complexity index is 1120. The van der Waals surface area contributed by atoms with Crippen LogP contribution in [0.3, 0.4) is 0 Å². The molecule has 6 nitrogen and oxygen atoms in total. The van der Waals surface area contributed by atoms with Crippen molar-refractivity contribution in [1.82, 2.24) is 9.80 Å². The molecule has 162 valence electrons. The average molecular weight is 449 g/mol. The van der Waals surface area contributed by atoms with Gasteiger partial charge in [-0.2, -0.15) is 13.2 Å². The third-order valence-electron chi connectivity index (χ3n) is 5.27. The quantitative estimate of drug-likeness (QED) is 0.425. The molecule has 4 rings (SSSR count). The topological polar surface area (TPSA) is 66.7 Å². The highest BCUT2D eigenvalue weighted by atomic mass is 32.1. The predicted molar refractivity (Wildman–Crippen MR) is 111 cm³/mol. The van der Waals surface area contributed by atoms with Crippen molar-refractivity contribution in [2.75, 3.05) is 26.2 Å². The van der Waals surface area contributed by atoms with E-state index in [1.807, 2.05) is 0 Å². The summed E-state index contributed by atoms with van der Waals surface area (Å²) in [4.78, 5) is 27.7. The molecule has 0 N–H and O–H groups in total. The fourth-order valence-corrected chi connectivity index (χ4v) is 4.58. The maximum absolute atomic E-state index is 12.9. The highest BCUT2D eigenvalue weighted by molar-refractivity contribution is 7.20. The number of nitro groups is 1. The second-order valence-electron chi connectivity index (χ2n) is 7.35. The number of carbonyl (C=O) groups excluding carboxylic acids is 1. The number of hydrogen-bond acceptors (Lipinski definition) is 5. The van der Waals surface area contributed by atoms with Crippen LogP contribution in [0.5, 0.6) is 0 Å². The van der Waals surface area contributed by atoms with Gasteiger partial charge in [-0.3, -0.25) is 19.8 Å². The molecule has 1 saturated heterocycles. The first kappa shape index (κ1) is 21.3. The van der Waals surface area contributed by atoms with Gasteiger partial charge in [-0.05, 0) is 29.8 Å². The monoisotopic (exact) mass is 449 g/mol. The summed E-state index contributed by atoms with van der Waals surface area (Å²) in [5, 5.41) is 11.6. The summed E-state index contributed by atoms with van der Waals surface area (Å²) in [5.41, 5.74) is 0.111. The van der Waals surface area contributed by atoms with Crippen LogP contribution in [0.15, 0.2) is 48.5 Å². The summed E-state index contributed by atoms with van der Waals surface area (Å²) in [5.74, 6) is -0.113. The lowest BCUT2D eigenvalue weighted by Crippen LogP contribution is -2.48. The van der Waals surface area contributed by atoms with E-state index in [4.69, 9.17) is 0 Å². The first-order valence-corrected chi connectivity index (χ1v) is 10.4. The molecule has 31 heavy (non-hydrogen) atoms. The fourth-order valence-electron chi connectivity index (χ4n) is 3.57. The van der Waals surface area contributed by atoms with E-state index >= 15 is 0 Å². The zero-order valence-corrected chi connectivity index (χ0v) is 17.1. The Labute approximate surface area is 179 Å². The number of nitrogens with zero attached hydrogens (tertiary/aromatic N) is 3. The summed E-state index contributed by atoms with van der Waals surface area (Å²) < 4.78 is 38.9. The molecule has 2 heterocycles. The van der Waals surface area contributed by atoms with Gasteiger partial charge in [-0.15, -0.1) is 11.3 Å². The number of thiophene rings is 1. The largest absolute Gasteiger partial charge is 0.416 e. The highest BCUT2D eigenvalue weighted by Gasteiger charge is 2.30. The Kier molecular flexibility index (Phi) is 5.67. The molecule has 1 fully saturated rings. The Morgan fingerprint density at radius 3 is 2.32 bits per heavy atom. The molecule has 1 amide bonds. The van der Waals surface area contributed by atoms with Crippen molar-refractivity contribution in [3.63, 3.8) is 0 Å². The fraction of sp³-hybridized carbons (Fsp3) is 0.286. The third kappa shape index (κ3) is 4.70. The minimum Gasteiger partial charge on any atom is -0.335 e. The lowest BCUT2D eigenvalue weighted by molar-refractivity contribution is -0.384. The van der Waals surface area contributed by atoms with Gasteiger partial charge in [0.25, 0.3) is 11.6 Å². The predicted octanol–water partition coefficient (Wildman–Crippen LogP) is 4.79. The van der Waals surface area contributed by atoms with E-state index in [1.54, 1.807) is 17.0 Å². The van der Waals surface area contributed by atoms with Crippen molar-refractivity contribution in [3.8, 4) is 0 Å². The standard InChI is InChI=1S/C21H18F3N3O3S/c22-21(23,24)16-3-1-14(2-4-16)13-25-7-9-26(10-8-25)20(28)19-12-15-11-17(27(29)30)5-6-18(15)31-19/h1-6,11-12H,7-10,13H2. The third-order valence-corrected chi connectivity index (χ3v) is 6.37. The van der Waals surface area contributed by atoms with E-state index < -0.39 is 16.7 Å². The molecule has 0 unspecified atom stereocenters. The first-order valence-electron chi connectivity index (χ1n) is 9.56. The number of nitro benzene ring substituents is 1. The number of alkyl halides is 3. The molecule has 1 aromatic heterocycles.